The summed E-state index contributed by atoms with van der Waals surface area (Å²) in [6.07, 6.45) is 0.760. The van der Waals surface area contributed by atoms with Crippen LogP contribution in [0.1, 0.15) is 47.0 Å². The molecule has 0 aliphatic carbocycles. The van der Waals surface area contributed by atoms with Gasteiger partial charge in [-0.1, -0.05) is 27.7 Å². The SMILES string of the molecule is CC(CNC(=O)CCCC(=O)O)C(C)(C)C. The second-order valence-electron chi connectivity index (χ2n) is 5.32. The minimum atomic E-state index is -0.851. The molecule has 16 heavy (non-hydrogen) atoms. The third-order valence-corrected chi connectivity index (χ3v) is 2.88. The molecule has 0 spiro atoms. The largest absolute Gasteiger partial charge is 0.481 e. The van der Waals surface area contributed by atoms with Crippen LogP contribution in [0.25, 0.3) is 0 Å². The van der Waals surface area contributed by atoms with Gasteiger partial charge in [0.2, 0.25) is 5.91 Å². The van der Waals surface area contributed by atoms with E-state index < -0.39 is 5.97 Å². The first-order valence-corrected chi connectivity index (χ1v) is 5.72. The Balaban J connectivity index is 3.70. The first kappa shape index (κ1) is 14.9. The number of amides is 1. The van der Waals surface area contributed by atoms with Crippen molar-refractivity contribution >= 4 is 11.9 Å². The van der Waals surface area contributed by atoms with Crippen LogP contribution in [0.2, 0.25) is 0 Å². The Morgan fingerprint density at radius 3 is 2.25 bits per heavy atom. The second kappa shape index (κ2) is 6.51. The topological polar surface area (TPSA) is 66.4 Å². The Bertz CT molecular complexity index is 243. The molecular weight excluding hydrogens is 206 g/mol. The van der Waals surface area contributed by atoms with Crippen molar-refractivity contribution in [2.45, 2.75) is 47.0 Å². The van der Waals surface area contributed by atoms with E-state index in [1.165, 1.54) is 0 Å². The zero-order chi connectivity index (χ0) is 12.8. The van der Waals surface area contributed by atoms with E-state index in [0.717, 1.165) is 0 Å². The van der Waals surface area contributed by atoms with Gasteiger partial charge in [-0.25, -0.2) is 0 Å². The van der Waals surface area contributed by atoms with Crippen LogP contribution >= 0.6 is 0 Å². The molecule has 2 N–H and O–H groups in total. The van der Waals surface area contributed by atoms with E-state index in [2.05, 4.69) is 33.0 Å². The lowest BCUT2D eigenvalue weighted by atomic mass is 9.82. The van der Waals surface area contributed by atoms with Crippen molar-refractivity contribution in [2.24, 2.45) is 11.3 Å². The summed E-state index contributed by atoms with van der Waals surface area (Å²) in [5.41, 5.74) is 0.175. The number of carboxylic acid groups (broad SMARTS) is 1. The Hall–Kier alpha value is -1.06. The number of aliphatic carboxylic acids is 1. The van der Waals surface area contributed by atoms with Crippen LogP contribution in [0.5, 0.6) is 0 Å². The zero-order valence-electron chi connectivity index (χ0n) is 10.7. The lowest BCUT2D eigenvalue weighted by Crippen LogP contribution is -2.33. The first-order chi connectivity index (χ1) is 7.23. The van der Waals surface area contributed by atoms with Gasteiger partial charge in [-0.15, -0.1) is 0 Å². The minimum Gasteiger partial charge on any atom is -0.481 e. The van der Waals surface area contributed by atoms with Crippen LogP contribution < -0.4 is 5.32 Å². The van der Waals surface area contributed by atoms with Crippen LogP contribution in [0, 0.1) is 11.3 Å². The van der Waals surface area contributed by atoms with Crippen molar-refractivity contribution in [1.82, 2.24) is 5.32 Å². The van der Waals surface area contributed by atoms with Gasteiger partial charge in [0, 0.05) is 19.4 Å². The summed E-state index contributed by atoms with van der Waals surface area (Å²) >= 11 is 0. The van der Waals surface area contributed by atoms with Gasteiger partial charge >= 0.3 is 5.97 Å². The Labute approximate surface area is 97.4 Å². The summed E-state index contributed by atoms with van der Waals surface area (Å²) in [7, 11) is 0. The van der Waals surface area contributed by atoms with Crippen molar-refractivity contribution in [3.8, 4) is 0 Å². The molecule has 0 saturated heterocycles. The fourth-order valence-electron chi connectivity index (χ4n) is 1.06. The van der Waals surface area contributed by atoms with E-state index >= 15 is 0 Å². The van der Waals surface area contributed by atoms with Crippen molar-refractivity contribution in [1.29, 1.82) is 0 Å². The lowest BCUT2D eigenvalue weighted by molar-refractivity contribution is -0.137. The van der Waals surface area contributed by atoms with Crippen LogP contribution in [0.4, 0.5) is 0 Å². The van der Waals surface area contributed by atoms with Crippen LogP contribution in [0.15, 0.2) is 0 Å². The Morgan fingerprint density at radius 2 is 1.81 bits per heavy atom. The van der Waals surface area contributed by atoms with Crippen LogP contribution in [-0.2, 0) is 9.59 Å². The van der Waals surface area contributed by atoms with Gasteiger partial charge in [-0.3, -0.25) is 9.59 Å². The van der Waals surface area contributed by atoms with Gasteiger partial charge in [0.05, 0.1) is 0 Å². The van der Waals surface area contributed by atoms with Crippen molar-refractivity contribution in [2.75, 3.05) is 6.54 Å². The van der Waals surface area contributed by atoms with E-state index in [1.54, 1.807) is 0 Å². The van der Waals surface area contributed by atoms with E-state index in [9.17, 15) is 9.59 Å². The highest BCUT2D eigenvalue weighted by molar-refractivity contribution is 5.76. The molecule has 0 radical (unpaired) electrons. The number of hydrogen-bond donors (Lipinski definition) is 2. The third kappa shape index (κ3) is 7.26. The predicted molar refractivity (Wildman–Crippen MR) is 63.1 cm³/mol. The molecule has 0 aromatic rings. The molecule has 0 fully saturated rings. The summed E-state index contributed by atoms with van der Waals surface area (Å²) in [5, 5.41) is 11.3. The number of hydrogen-bond acceptors (Lipinski definition) is 2. The van der Waals surface area contributed by atoms with Gasteiger partial charge in [0.1, 0.15) is 0 Å². The maximum Gasteiger partial charge on any atom is 0.303 e. The Morgan fingerprint density at radius 1 is 1.25 bits per heavy atom. The average Bonchev–Trinajstić information content (AvgIpc) is 2.11. The zero-order valence-corrected chi connectivity index (χ0v) is 10.7. The summed E-state index contributed by atoms with van der Waals surface area (Å²) in [5.74, 6) is -0.510. The second-order valence-corrected chi connectivity index (χ2v) is 5.32. The van der Waals surface area contributed by atoms with Crippen LogP contribution in [-0.4, -0.2) is 23.5 Å². The summed E-state index contributed by atoms with van der Waals surface area (Å²) in [6.45, 7) is 9.14. The molecule has 0 aliphatic heterocycles. The van der Waals surface area contributed by atoms with Gasteiger partial charge in [-0.2, -0.15) is 0 Å². The molecule has 94 valence electrons. The fourth-order valence-corrected chi connectivity index (χ4v) is 1.06. The third-order valence-electron chi connectivity index (χ3n) is 2.88. The minimum absolute atomic E-state index is 0.0578. The molecule has 0 aliphatic rings. The van der Waals surface area contributed by atoms with Gasteiger partial charge in [0.25, 0.3) is 0 Å². The van der Waals surface area contributed by atoms with Crippen molar-refractivity contribution in [3.05, 3.63) is 0 Å². The van der Waals surface area contributed by atoms with E-state index in [0.29, 0.717) is 25.3 Å². The summed E-state index contributed by atoms with van der Waals surface area (Å²) in [6, 6.07) is 0. The molecule has 0 aromatic heterocycles. The number of nitrogens with one attached hydrogen (secondary N) is 1. The number of carbonyl (C=O) groups is 2. The summed E-state index contributed by atoms with van der Waals surface area (Å²) < 4.78 is 0. The number of carbonyl (C=O) groups excluding carboxylic acids is 1. The van der Waals surface area contributed by atoms with Crippen molar-refractivity contribution in [3.63, 3.8) is 0 Å². The molecule has 1 amide bonds. The molecule has 1 unspecified atom stereocenters. The highest BCUT2D eigenvalue weighted by Crippen LogP contribution is 2.24. The lowest BCUT2D eigenvalue weighted by Gasteiger charge is -2.27. The molecule has 0 saturated carbocycles. The molecule has 4 nitrogen and oxygen atoms in total. The molecule has 0 heterocycles. The van der Waals surface area contributed by atoms with E-state index in [4.69, 9.17) is 5.11 Å². The fraction of sp³-hybridized carbons (Fsp3) is 0.833. The van der Waals surface area contributed by atoms with Crippen molar-refractivity contribution < 1.29 is 14.7 Å². The van der Waals surface area contributed by atoms with Gasteiger partial charge in [0.15, 0.2) is 0 Å². The molecule has 4 heteroatoms. The molecule has 0 bridgehead atoms. The highest BCUT2D eigenvalue weighted by Gasteiger charge is 2.20. The van der Waals surface area contributed by atoms with E-state index in [-0.39, 0.29) is 17.7 Å². The standard InChI is InChI=1S/C12H23NO3/c1-9(12(2,3)4)8-13-10(14)6-5-7-11(15)16/h9H,5-8H2,1-4H3,(H,13,14)(H,15,16). The van der Waals surface area contributed by atoms with Gasteiger partial charge < -0.3 is 10.4 Å². The average molecular weight is 229 g/mol. The predicted octanol–water partition coefficient (Wildman–Crippen LogP) is 2.04. The highest BCUT2D eigenvalue weighted by atomic mass is 16.4. The molecule has 0 aromatic carbocycles. The molecule has 1 atom stereocenters. The summed E-state index contributed by atoms with van der Waals surface area (Å²) in [4.78, 5) is 21.6. The number of rotatable bonds is 6. The Kier molecular flexibility index (Phi) is 6.08. The smallest absolute Gasteiger partial charge is 0.303 e. The van der Waals surface area contributed by atoms with Gasteiger partial charge in [-0.05, 0) is 17.8 Å². The number of carboxylic acids is 1. The maximum atomic E-state index is 11.4. The monoisotopic (exact) mass is 229 g/mol. The first-order valence-electron chi connectivity index (χ1n) is 5.72. The quantitative estimate of drug-likeness (QED) is 0.732. The normalized spacial score (nSPS) is 13.2. The molecular formula is C12H23NO3. The van der Waals surface area contributed by atoms with E-state index in [1.807, 2.05) is 0 Å². The molecule has 0 rings (SSSR count). The maximum absolute atomic E-state index is 11.4. The van der Waals surface area contributed by atoms with Crippen LogP contribution in [0.3, 0.4) is 0 Å².